The van der Waals surface area contributed by atoms with E-state index in [4.69, 9.17) is 14.5 Å². The largest absolute Gasteiger partial charge is 0.486 e. The second-order valence-corrected chi connectivity index (χ2v) is 9.37. The van der Waals surface area contributed by atoms with E-state index in [1.165, 1.54) is 4.88 Å². The molecule has 3 aromatic rings. The Hall–Kier alpha value is -2.58. The van der Waals surface area contributed by atoms with E-state index in [1.54, 1.807) is 29.6 Å². The third-order valence-corrected chi connectivity index (χ3v) is 6.92. The molecule has 2 aromatic heterocycles. The summed E-state index contributed by atoms with van der Waals surface area (Å²) in [6.07, 6.45) is 2.13. The van der Waals surface area contributed by atoms with Gasteiger partial charge in [0.25, 0.3) is 0 Å². The van der Waals surface area contributed by atoms with E-state index in [9.17, 15) is 4.79 Å². The number of rotatable bonds is 7. The molecule has 3 heterocycles. The lowest BCUT2D eigenvalue weighted by molar-refractivity contribution is -0.116. The summed E-state index contributed by atoms with van der Waals surface area (Å²) in [6.45, 7) is 4.21. The molecule has 1 aromatic carbocycles. The van der Waals surface area contributed by atoms with Gasteiger partial charge in [0.2, 0.25) is 5.91 Å². The van der Waals surface area contributed by atoms with Gasteiger partial charge in [-0.15, -0.1) is 22.7 Å². The number of fused-ring (bicyclic) bond motifs is 1. The Labute approximate surface area is 183 Å². The Bertz CT molecular complexity index is 1030. The second kappa shape index (κ2) is 8.28. The van der Waals surface area contributed by atoms with Crippen molar-refractivity contribution in [2.45, 2.75) is 38.9 Å². The van der Waals surface area contributed by atoms with E-state index >= 15 is 0 Å². The van der Waals surface area contributed by atoms with Crippen LogP contribution in [0.3, 0.4) is 0 Å². The number of aromatic nitrogens is 1. The minimum absolute atomic E-state index is 0.0701. The van der Waals surface area contributed by atoms with E-state index in [0.717, 1.165) is 47.4 Å². The fourth-order valence-corrected chi connectivity index (χ4v) is 5.26. The van der Waals surface area contributed by atoms with E-state index in [2.05, 4.69) is 33.9 Å². The predicted molar refractivity (Wildman–Crippen MR) is 120 cm³/mol. The van der Waals surface area contributed by atoms with Crippen molar-refractivity contribution in [3.63, 3.8) is 0 Å². The Morgan fingerprint density at radius 2 is 1.97 bits per heavy atom. The lowest BCUT2D eigenvalue weighted by Crippen LogP contribution is -2.30. The number of benzene rings is 1. The topological polar surface area (TPSA) is 54.9 Å². The van der Waals surface area contributed by atoms with Crippen LogP contribution in [0.25, 0.3) is 0 Å². The summed E-state index contributed by atoms with van der Waals surface area (Å²) in [6, 6.07) is 10.6. The molecule has 2 aliphatic rings. The van der Waals surface area contributed by atoms with Gasteiger partial charge >= 0.3 is 0 Å². The molecular formula is C22H23N3O3S2. The van der Waals surface area contributed by atoms with Crippen LogP contribution >= 0.6 is 22.7 Å². The standard InChI is InChI=1S/C22H23N3O3S2/c1-15(26)25(17-4-5-17)22-23-16(14-30-22)12-24(13-19-3-2-10-29-19)18-6-7-20-21(11-18)28-9-8-27-20/h2-3,6-7,10-11,14,17H,4-5,8-9,12-13H2,1H3. The molecule has 0 N–H and O–H groups in total. The maximum Gasteiger partial charge on any atom is 0.225 e. The number of ether oxygens (including phenoxy) is 2. The molecular weight excluding hydrogens is 418 g/mol. The summed E-state index contributed by atoms with van der Waals surface area (Å²) in [5, 5.41) is 4.96. The van der Waals surface area contributed by atoms with Crippen molar-refractivity contribution in [2.75, 3.05) is 23.0 Å². The van der Waals surface area contributed by atoms with Crippen molar-refractivity contribution in [3.8, 4) is 11.5 Å². The predicted octanol–water partition coefficient (Wildman–Crippen LogP) is 4.70. The molecule has 6 nitrogen and oxygen atoms in total. The summed E-state index contributed by atoms with van der Waals surface area (Å²) in [4.78, 5) is 22.3. The maximum atomic E-state index is 12.1. The molecule has 1 aliphatic heterocycles. The van der Waals surface area contributed by atoms with E-state index in [1.807, 2.05) is 17.0 Å². The highest BCUT2D eigenvalue weighted by atomic mass is 32.1. The van der Waals surface area contributed by atoms with Crippen LogP contribution in [0.15, 0.2) is 41.1 Å². The Morgan fingerprint density at radius 3 is 2.70 bits per heavy atom. The molecule has 0 radical (unpaired) electrons. The van der Waals surface area contributed by atoms with Gasteiger partial charge in [-0.3, -0.25) is 9.69 Å². The van der Waals surface area contributed by atoms with Gasteiger partial charge in [0, 0.05) is 35.0 Å². The molecule has 0 unspecified atom stereocenters. The Balaban J connectivity index is 1.41. The van der Waals surface area contributed by atoms with Crippen molar-refractivity contribution in [3.05, 3.63) is 51.7 Å². The number of thiazole rings is 1. The smallest absolute Gasteiger partial charge is 0.225 e. The molecule has 1 aliphatic carbocycles. The molecule has 5 rings (SSSR count). The number of amides is 1. The van der Waals surface area contributed by atoms with Crippen LogP contribution in [-0.2, 0) is 17.9 Å². The van der Waals surface area contributed by atoms with Crippen molar-refractivity contribution >= 4 is 39.4 Å². The molecule has 0 saturated heterocycles. The van der Waals surface area contributed by atoms with Gasteiger partial charge in [-0.25, -0.2) is 4.98 Å². The SMILES string of the molecule is CC(=O)N(c1nc(CN(Cc2cccs2)c2ccc3c(c2)OCCO3)cs1)C1CC1. The molecule has 1 saturated carbocycles. The third kappa shape index (κ3) is 4.15. The first-order valence-electron chi connectivity index (χ1n) is 10.1. The monoisotopic (exact) mass is 441 g/mol. The quantitative estimate of drug-likeness (QED) is 0.532. The van der Waals surface area contributed by atoms with Crippen molar-refractivity contribution in [1.29, 1.82) is 0 Å². The minimum atomic E-state index is 0.0701. The van der Waals surface area contributed by atoms with Crippen LogP contribution in [0, 0.1) is 0 Å². The van der Waals surface area contributed by atoms with Crippen molar-refractivity contribution in [2.24, 2.45) is 0 Å². The Morgan fingerprint density at radius 1 is 1.13 bits per heavy atom. The van der Waals surface area contributed by atoms with E-state index < -0.39 is 0 Å². The zero-order chi connectivity index (χ0) is 20.5. The zero-order valence-corrected chi connectivity index (χ0v) is 18.4. The highest BCUT2D eigenvalue weighted by Gasteiger charge is 2.33. The first-order valence-corrected chi connectivity index (χ1v) is 11.8. The third-order valence-electron chi connectivity index (χ3n) is 5.17. The van der Waals surface area contributed by atoms with Crippen LogP contribution < -0.4 is 19.3 Å². The lowest BCUT2D eigenvalue weighted by atomic mass is 10.2. The second-order valence-electron chi connectivity index (χ2n) is 7.50. The number of carbonyl (C=O) groups is 1. The normalized spacial score (nSPS) is 15.1. The number of hydrogen-bond donors (Lipinski definition) is 0. The van der Waals surface area contributed by atoms with E-state index in [-0.39, 0.29) is 5.91 Å². The van der Waals surface area contributed by atoms with Gasteiger partial charge < -0.3 is 14.4 Å². The molecule has 1 fully saturated rings. The summed E-state index contributed by atoms with van der Waals surface area (Å²) >= 11 is 3.29. The highest BCUT2D eigenvalue weighted by Crippen LogP contribution is 2.36. The van der Waals surface area contributed by atoms with Crippen LogP contribution in [-0.4, -0.2) is 30.1 Å². The average molecular weight is 442 g/mol. The minimum Gasteiger partial charge on any atom is -0.486 e. The molecule has 30 heavy (non-hydrogen) atoms. The highest BCUT2D eigenvalue weighted by molar-refractivity contribution is 7.14. The summed E-state index contributed by atoms with van der Waals surface area (Å²) < 4.78 is 11.5. The fraction of sp³-hybridized carbons (Fsp3) is 0.364. The average Bonchev–Trinajstić information content (AvgIpc) is 3.23. The lowest BCUT2D eigenvalue weighted by Gasteiger charge is -2.26. The first-order chi connectivity index (χ1) is 14.7. The molecule has 0 spiro atoms. The number of carbonyl (C=O) groups excluding carboxylic acids is 1. The fourth-order valence-electron chi connectivity index (χ4n) is 3.61. The summed E-state index contributed by atoms with van der Waals surface area (Å²) in [5.41, 5.74) is 2.03. The number of nitrogens with zero attached hydrogens (tertiary/aromatic N) is 3. The van der Waals surface area contributed by atoms with Crippen LogP contribution in [0.4, 0.5) is 10.8 Å². The number of thiophene rings is 1. The molecule has 1 amide bonds. The molecule has 0 bridgehead atoms. The van der Waals surface area contributed by atoms with E-state index in [0.29, 0.717) is 25.8 Å². The van der Waals surface area contributed by atoms with Crippen molar-refractivity contribution in [1.82, 2.24) is 4.98 Å². The first kappa shape index (κ1) is 19.4. The molecule has 0 atom stereocenters. The summed E-state index contributed by atoms with van der Waals surface area (Å²) in [7, 11) is 0. The van der Waals surface area contributed by atoms with Crippen LogP contribution in [0.2, 0.25) is 0 Å². The van der Waals surface area contributed by atoms with Gasteiger partial charge in [-0.05, 0) is 36.4 Å². The number of hydrogen-bond acceptors (Lipinski definition) is 7. The maximum absolute atomic E-state index is 12.1. The van der Waals surface area contributed by atoms with Gasteiger partial charge in [-0.1, -0.05) is 6.07 Å². The van der Waals surface area contributed by atoms with Gasteiger partial charge in [0.1, 0.15) is 13.2 Å². The number of anilines is 2. The zero-order valence-electron chi connectivity index (χ0n) is 16.7. The summed E-state index contributed by atoms with van der Waals surface area (Å²) in [5.74, 6) is 1.64. The van der Waals surface area contributed by atoms with Crippen LogP contribution in [0.5, 0.6) is 11.5 Å². The van der Waals surface area contributed by atoms with Gasteiger partial charge in [-0.2, -0.15) is 0 Å². The molecule has 8 heteroatoms. The van der Waals surface area contributed by atoms with Crippen LogP contribution in [0.1, 0.15) is 30.3 Å². The Kier molecular flexibility index (Phi) is 5.35. The van der Waals surface area contributed by atoms with Crippen molar-refractivity contribution < 1.29 is 14.3 Å². The molecule has 156 valence electrons. The van der Waals surface area contributed by atoms with Gasteiger partial charge in [0.15, 0.2) is 16.6 Å². The van der Waals surface area contributed by atoms with Gasteiger partial charge in [0.05, 0.1) is 18.8 Å².